The molecule has 11 aromatic rings. The summed E-state index contributed by atoms with van der Waals surface area (Å²) in [7, 11) is 0. The van der Waals surface area contributed by atoms with Gasteiger partial charge >= 0.3 is 0 Å². The minimum absolute atomic E-state index is 0.0521. The van der Waals surface area contributed by atoms with Crippen molar-refractivity contribution in [1.82, 2.24) is 0 Å². The van der Waals surface area contributed by atoms with E-state index in [9.17, 15) is 0 Å². The topological polar surface area (TPSA) is 3.24 Å². The Labute approximate surface area is 372 Å². The van der Waals surface area contributed by atoms with E-state index in [1.165, 1.54) is 122 Å². The van der Waals surface area contributed by atoms with Crippen LogP contribution in [0.15, 0.2) is 212 Å². The van der Waals surface area contributed by atoms with Crippen LogP contribution in [-0.4, -0.2) is 0 Å². The molecule has 10 aromatic carbocycles. The molecule has 0 amide bonds. The zero-order valence-electron chi connectivity index (χ0n) is 34.9. The van der Waals surface area contributed by atoms with Crippen LogP contribution in [0.3, 0.4) is 0 Å². The highest BCUT2D eigenvalue weighted by Gasteiger charge is 2.46. The predicted octanol–water partition coefficient (Wildman–Crippen LogP) is 17.7. The van der Waals surface area contributed by atoms with Crippen molar-refractivity contribution in [3.8, 4) is 44.5 Å². The summed E-state index contributed by atoms with van der Waals surface area (Å²) in [5.74, 6) is 0. The third-order valence-corrected chi connectivity index (χ3v) is 15.4. The van der Waals surface area contributed by atoms with Crippen LogP contribution < -0.4 is 4.90 Å². The van der Waals surface area contributed by atoms with E-state index in [1.54, 1.807) is 0 Å². The van der Waals surface area contributed by atoms with E-state index in [2.05, 4.69) is 217 Å². The summed E-state index contributed by atoms with van der Waals surface area (Å²) in [5.41, 5.74) is 16.9. The van der Waals surface area contributed by atoms with Crippen molar-refractivity contribution < 1.29 is 0 Å². The quantitative estimate of drug-likeness (QED) is 0.161. The van der Waals surface area contributed by atoms with Crippen molar-refractivity contribution in [2.24, 2.45) is 0 Å². The minimum atomic E-state index is -0.0521. The Hall–Kier alpha value is -7.26. The smallest absolute Gasteiger partial charge is 0.0640 e. The zero-order chi connectivity index (χ0) is 41.5. The molecule has 1 fully saturated rings. The van der Waals surface area contributed by atoms with E-state index in [1.807, 2.05) is 11.3 Å². The summed E-state index contributed by atoms with van der Waals surface area (Å²) in [5, 5.41) is 7.79. The van der Waals surface area contributed by atoms with Gasteiger partial charge in [-0.1, -0.05) is 189 Å². The number of nitrogens with zero attached hydrogens (tertiary/aromatic N) is 1. The van der Waals surface area contributed by atoms with Crippen molar-refractivity contribution >= 4 is 70.1 Å². The Bertz CT molecular complexity index is 3570. The van der Waals surface area contributed by atoms with Gasteiger partial charge in [-0.05, 0) is 121 Å². The second-order valence-electron chi connectivity index (χ2n) is 17.5. The lowest BCUT2D eigenvalue weighted by molar-refractivity contribution is 0.550. The maximum absolute atomic E-state index is 2.61. The largest absolute Gasteiger partial charge is 0.308 e. The lowest BCUT2D eigenvalue weighted by Crippen LogP contribution is -2.21. The molecule has 2 aliphatic rings. The van der Waals surface area contributed by atoms with Gasteiger partial charge in [0, 0.05) is 32.0 Å². The SMILES string of the molecule is c1ccc(-c2cccc(N(c3cc4c(c5ccccc35)-c3ccc(-c5ccc(-c6cccc7ccccc67)cc5)cc3C43CCCC3)c3cccc4c3sc3ccccc34)c2)cc1. The average molecular weight is 822 g/mol. The van der Waals surface area contributed by atoms with Crippen molar-refractivity contribution in [2.45, 2.75) is 31.1 Å². The molecule has 2 heteroatoms. The van der Waals surface area contributed by atoms with Crippen molar-refractivity contribution in [3.63, 3.8) is 0 Å². The summed E-state index contributed by atoms with van der Waals surface area (Å²) in [6.07, 6.45) is 4.77. The second-order valence-corrected chi connectivity index (χ2v) is 18.6. The van der Waals surface area contributed by atoms with Crippen molar-refractivity contribution in [2.75, 3.05) is 4.90 Å². The van der Waals surface area contributed by atoms with Gasteiger partial charge in [0.2, 0.25) is 0 Å². The highest BCUT2D eigenvalue weighted by molar-refractivity contribution is 7.26. The first-order chi connectivity index (χ1) is 31.2. The molecular weight excluding hydrogens is 779 g/mol. The third-order valence-electron chi connectivity index (χ3n) is 14.2. The number of fused-ring (bicyclic) bond motifs is 11. The Morgan fingerprint density at radius 1 is 0.381 bits per heavy atom. The normalized spacial score (nSPS) is 13.9. The highest BCUT2D eigenvalue weighted by Crippen LogP contribution is 2.61. The molecule has 1 saturated carbocycles. The molecule has 1 nitrogen and oxygen atoms in total. The van der Waals surface area contributed by atoms with Gasteiger partial charge in [0.05, 0.1) is 16.1 Å². The van der Waals surface area contributed by atoms with Crippen LogP contribution in [0.25, 0.3) is 86.2 Å². The first-order valence-corrected chi connectivity index (χ1v) is 23.2. The van der Waals surface area contributed by atoms with Crippen LogP contribution in [0.2, 0.25) is 0 Å². The Morgan fingerprint density at radius 2 is 1.00 bits per heavy atom. The van der Waals surface area contributed by atoms with Gasteiger partial charge in [-0.2, -0.15) is 0 Å². The van der Waals surface area contributed by atoms with Crippen LogP contribution in [0, 0.1) is 0 Å². The van der Waals surface area contributed by atoms with Crippen LogP contribution in [-0.2, 0) is 5.41 Å². The molecule has 1 spiro atoms. The number of hydrogen-bond acceptors (Lipinski definition) is 2. The standard InChI is InChI=1S/C61H43NS/c1-2-15-40(16-3-1)44-19-12-20-46(37-44)62(56-27-14-26-52-50-23-8-9-28-58(50)63-60(52)56)57-39-55-59(51-24-7-6-22-49(51)57)53-34-33-45(38-54(53)61(55)35-10-11-36-61)41-29-31-43(32-30-41)48-25-13-18-42-17-4-5-21-47(42)48/h1-9,12-34,37-39H,10-11,35-36H2. The summed E-state index contributed by atoms with van der Waals surface area (Å²) < 4.78 is 2.62. The average Bonchev–Trinajstić information content (AvgIpc) is 4.07. The maximum Gasteiger partial charge on any atom is 0.0640 e. The first kappa shape index (κ1) is 36.4. The van der Waals surface area contributed by atoms with E-state index in [4.69, 9.17) is 0 Å². The van der Waals surface area contributed by atoms with E-state index < -0.39 is 0 Å². The molecule has 13 rings (SSSR count). The van der Waals surface area contributed by atoms with E-state index >= 15 is 0 Å². The number of rotatable bonds is 6. The molecule has 1 heterocycles. The highest BCUT2D eigenvalue weighted by atomic mass is 32.1. The molecule has 0 N–H and O–H groups in total. The lowest BCUT2D eigenvalue weighted by Gasteiger charge is -2.31. The molecule has 0 aliphatic heterocycles. The van der Waals surface area contributed by atoms with E-state index in [0.717, 1.165) is 18.5 Å². The molecule has 0 atom stereocenters. The Kier molecular flexibility index (Phi) is 8.33. The number of anilines is 3. The van der Waals surface area contributed by atoms with Gasteiger partial charge in [0.25, 0.3) is 0 Å². The molecule has 63 heavy (non-hydrogen) atoms. The molecule has 298 valence electrons. The van der Waals surface area contributed by atoms with Gasteiger partial charge in [-0.15, -0.1) is 11.3 Å². The second kappa shape index (κ2) is 14.4. The summed E-state index contributed by atoms with van der Waals surface area (Å²) >= 11 is 1.90. The third kappa shape index (κ3) is 5.68. The minimum Gasteiger partial charge on any atom is -0.308 e. The maximum atomic E-state index is 2.61. The van der Waals surface area contributed by atoms with Crippen molar-refractivity contribution in [1.29, 1.82) is 0 Å². The molecule has 0 saturated heterocycles. The molecule has 2 aliphatic carbocycles. The van der Waals surface area contributed by atoms with Crippen LogP contribution in [0.4, 0.5) is 17.1 Å². The van der Waals surface area contributed by atoms with Gasteiger partial charge in [0.15, 0.2) is 0 Å². The van der Waals surface area contributed by atoms with Gasteiger partial charge in [0.1, 0.15) is 0 Å². The van der Waals surface area contributed by atoms with E-state index in [0.29, 0.717) is 0 Å². The van der Waals surface area contributed by atoms with Gasteiger partial charge < -0.3 is 4.90 Å². The molecule has 0 bridgehead atoms. The zero-order valence-corrected chi connectivity index (χ0v) is 35.7. The fourth-order valence-corrected chi connectivity index (χ4v) is 12.5. The number of benzene rings is 10. The van der Waals surface area contributed by atoms with Crippen LogP contribution in [0.1, 0.15) is 36.8 Å². The van der Waals surface area contributed by atoms with Gasteiger partial charge in [-0.25, -0.2) is 0 Å². The van der Waals surface area contributed by atoms with Gasteiger partial charge in [-0.3, -0.25) is 0 Å². The monoisotopic (exact) mass is 821 g/mol. The van der Waals surface area contributed by atoms with Crippen molar-refractivity contribution in [3.05, 3.63) is 223 Å². The fourth-order valence-electron chi connectivity index (χ4n) is 11.3. The first-order valence-electron chi connectivity index (χ1n) is 22.4. The molecule has 0 radical (unpaired) electrons. The Morgan fingerprint density at radius 3 is 1.86 bits per heavy atom. The van der Waals surface area contributed by atoms with Crippen LogP contribution in [0.5, 0.6) is 0 Å². The van der Waals surface area contributed by atoms with Crippen LogP contribution >= 0.6 is 11.3 Å². The molecular formula is C61H43NS. The molecule has 0 unspecified atom stereocenters. The summed E-state index contributed by atoms with van der Waals surface area (Å²) in [6, 6.07) is 79.5. The Balaban J connectivity index is 1.00. The molecule has 1 aromatic heterocycles. The lowest BCUT2D eigenvalue weighted by atomic mass is 9.75. The fraction of sp³-hybridized carbons (Fsp3) is 0.0820. The number of thiophene rings is 1. The number of hydrogen-bond donors (Lipinski definition) is 0. The van der Waals surface area contributed by atoms with E-state index in [-0.39, 0.29) is 5.41 Å². The predicted molar refractivity (Wildman–Crippen MR) is 270 cm³/mol. The summed E-state index contributed by atoms with van der Waals surface area (Å²) in [4.78, 5) is 2.58. The summed E-state index contributed by atoms with van der Waals surface area (Å²) in [6.45, 7) is 0.